The smallest absolute Gasteiger partial charge is 0.238 e. The first-order chi connectivity index (χ1) is 9.36. The maximum atomic E-state index is 11.3. The molecule has 0 saturated carbocycles. The van der Waals surface area contributed by atoms with Gasteiger partial charge in [0.2, 0.25) is 10.0 Å². The van der Waals surface area contributed by atoms with Crippen LogP contribution in [-0.4, -0.2) is 40.9 Å². The summed E-state index contributed by atoms with van der Waals surface area (Å²) < 4.78 is 33.5. The van der Waals surface area contributed by atoms with Crippen molar-refractivity contribution in [1.29, 1.82) is 0 Å². The van der Waals surface area contributed by atoms with Crippen molar-refractivity contribution in [1.82, 2.24) is 0 Å². The number of rotatable bonds is 5. The Morgan fingerprint density at radius 3 is 2.80 bits per heavy atom. The minimum absolute atomic E-state index is 0.0170. The third-order valence-corrected chi connectivity index (χ3v) is 4.37. The summed E-state index contributed by atoms with van der Waals surface area (Å²) in [5.74, 6) is 0. The molecule has 1 atom stereocenters. The molecule has 0 amide bonds. The van der Waals surface area contributed by atoms with Crippen LogP contribution < -0.4 is 16.2 Å². The standard InChI is InChI=1S/C12H19N3O4S/c1-18-12(4-5-19-8-12)7-15-11-6-9(20(14,16)17)2-3-10(11)13/h2-3,6,15H,4-5,7-8,13H2,1H3,(H2,14,16,17). The van der Waals surface area contributed by atoms with Crippen LogP contribution in [0.5, 0.6) is 0 Å². The highest BCUT2D eigenvalue weighted by atomic mass is 32.2. The van der Waals surface area contributed by atoms with E-state index in [0.29, 0.717) is 31.1 Å². The largest absolute Gasteiger partial charge is 0.397 e. The molecule has 0 radical (unpaired) electrons. The fraction of sp³-hybridized carbons (Fsp3) is 0.500. The summed E-state index contributed by atoms with van der Waals surface area (Å²) in [6.07, 6.45) is 0.769. The quantitative estimate of drug-likeness (QED) is 0.666. The van der Waals surface area contributed by atoms with Gasteiger partial charge in [-0.3, -0.25) is 0 Å². The van der Waals surface area contributed by atoms with Crippen LogP contribution in [-0.2, 0) is 19.5 Å². The monoisotopic (exact) mass is 301 g/mol. The van der Waals surface area contributed by atoms with Crippen molar-refractivity contribution in [2.75, 3.05) is 37.9 Å². The van der Waals surface area contributed by atoms with E-state index in [-0.39, 0.29) is 4.90 Å². The number of sulfonamides is 1. The van der Waals surface area contributed by atoms with Crippen molar-refractivity contribution in [3.63, 3.8) is 0 Å². The van der Waals surface area contributed by atoms with Gasteiger partial charge in [0.1, 0.15) is 5.60 Å². The van der Waals surface area contributed by atoms with Crippen molar-refractivity contribution >= 4 is 21.4 Å². The number of nitrogens with one attached hydrogen (secondary N) is 1. The van der Waals surface area contributed by atoms with Crippen molar-refractivity contribution in [2.24, 2.45) is 5.14 Å². The predicted octanol–water partition coefficient (Wildman–Crippen LogP) is 0.134. The summed E-state index contributed by atoms with van der Waals surface area (Å²) in [5, 5.41) is 8.21. The SMILES string of the molecule is COC1(CNc2cc(S(N)(=O)=O)ccc2N)CCOC1. The molecule has 0 aromatic heterocycles. The lowest BCUT2D eigenvalue weighted by Crippen LogP contribution is -2.39. The van der Waals surface area contributed by atoms with Gasteiger partial charge < -0.3 is 20.5 Å². The molecule has 1 heterocycles. The van der Waals surface area contributed by atoms with Crippen LogP contribution in [0.1, 0.15) is 6.42 Å². The van der Waals surface area contributed by atoms with Crippen LogP contribution in [0, 0.1) is 0 Å². The van der Waals surface area contributed by atoms with Crippen LogP contribution >= 0.6 is 0 Å². The molecule has 2 rings (SSSR count). The number of hydrogen-bond donors (Lipinski definition) is 3. The molecule has 1 aliphatic rings. The van der Waals surface area contributed by atoms with E-state index in [0.717, 1.165) is 6.42 Å². The fourth-order valence-corrected chi connectivity index (χ4v) is 2.62. The van der Waals surface area contributed by atoms with Crippen LogP contribution in [0.2, 0.25) is 0 Å². The zero-order chi connectivity index (χ0) is 14.8. The third-order valence-electron chi connectivity index (χ3n) is 3.45. The topological polar surface area (TPSA) is 117 Å². The van der Waals surface area contributed by atoms with Gasteiger partial charge in [0.15, 0.2) is 0 Å². The third kappa shape index (κ3) is 3.21. The highest BCUT2D eigenvalue weighted by Crippen LogP contribution is 2.26. The Hall–Kier alpha value is -1.35. The molecule has 1 saturated heterocycles. The molecule has 1 unspecified atom stereocenters. The van der Waals surface area contributed by atoms with Crippen molar-refractivity contribution in [3.05, 3.63) is 18.2 Å². The molecule has 1 fully saturated rings. The second-order valence-electron chi connectivity index (χ2n) is 4.84. The van der Waals surface area contributed by atoms with E-state index in [1.807, 2.05) is 0 Å². The average Bonchev–Trinajstić information content (AvgIpc) is 2.86. The normalized spacial score (nSPS) is 22.9. The Bertz CT molecular complexity index is 582. The number of benzene rings is 1. The van der Waals surface area contributed by atoms with E-state index >= 15 is 0 Å². The predicted molar refractivity (Wildman–Crippen MR) is 75.9 cm³/mol. The van der Waals surface area contributed by atoms with E-state index in [9.17, 15) is 8.42 Å². The lowest BCUT2D eigenvalue weighted by molar-refractivity contribution is -0.00619. The van der Waals surface area contributed by atoms with Crippen molar-refractivity contribution in [3.8, 4) is 0 Å². The first-order valence-electron chi connectivity index (χ1n) is 6.15. The van der Waals surface area contributed by atoms with E-state index in [1.54, 1.807) is 7.11 Å². The maximum absolute atomic E-state index is 11.3. The van der Waals surface area contributed by atoms with Gasteiger partial charge in [-0.1, -0.05) is 0 Å². The molecule has 20 heavy (non-hydrogen) atoms. The number of anilines is 2. The van der Waals surface area contributed by atoms with Gasteiger partial charge in [-0.15, -0.1) is 0 Å². The molecule has 112 valence electrons. The number of methoxy groups -OCH3 is 1. The summed E-state index contributed by atoms with van der Waals surface area (Å²) in [6.45, 7) is 1.61. The van der Waals surface area contributed by atoms with Gasteiger partial charge in [0.05, 0.1) is 22.9 Å². The highest BCUT2D eigenvalue weighted by molar-refractivity contribution is 7.89. The Kier molecular flexibility index (Phi) is 4.19. The first-order valence-corrected chi connectivity index (χ1v) is 7.70. The average molecular weight is 301 g/mol. The van der Waals surface area contributed by atoms with Gasteiger partial charge in [0, 0.05) is 26.7 Å². The molecule has 1 aliphatic heterocycles. The summed E-state index contributed by atoms with van der Waals surface area (Å²) in [4.78, 5) is 0.0170. The molecule has 0 bridgehead atoms. The second kappa shape index (κ2) is 5.57. The maximum Gasteiger partial charge on any atom is 0.238 e. The number of ether oxygens (including phenoxy) is 2. The van der Waals surface area contributed by atoms with E-state index in [1.165, 1.54) is 18.2 Å². The lowest BCUT2D eigenvalue weighted by atomic mass is 10.0. The molecule has 8 heteroatoms. The van der Waals surface area contributed by atoms with E-state index in [2.05, 4.69) is 5.32 Å². The van der Waals surface area contributed by atoms with Crippen LogP contribution in [0.4, 0.5) is 11.4 Å². The molecule has 1 aromatic carbocycles. The summed E-state index contributed by atoms with van der Waals surface area (Å²) in [6, 6.07) is 4.30. The summed E-state index contributed by atoms with van der Waals surface area (Å²) in [7, 11) is -2.13. The number of hydrogen-bond acceptors (Lipinski definition) is 6. The van der Waals surface area contributed by atoms with Gasteiger partial charge in [-0.2, -0.15) is 0 Å². The van der Waals surface area contributed by atoms with Gasteiger partial charge in [0.25, 0.3) is 0 Å². The molecular weight excluding hydrogens is 282 g/mol. The highest BCUT2D eigenvalue weighted by Gasteiger charge is 2.34. The minimum atomic E-state index is -3.75. The Balaban J connectivity index is 2.17. The number of nitrogen functional groups attached to an aromatic ring is 1. The number of nitrogens with two attached hydrogens (primary N) is 2. The fourth-order valence-electron chi connectivity index (χ4n) is 2.08. The first kappa shape index (κ1) is 15.0. The molecule has 0 aliphatic carbocycles. The molecule has 7 nitrogen and oxygen atoms in total. The van der Waals surface area contributed by atoms with Gasteiger partial charge in [-0.25, -0.2) is 13.6 Å². The van der Waals surface area contributed by atoms with E-state index < -0.39 is 15.6 Å². The van der Waals surface area contributed by atoms with Gasteiger partial charge >= 0.3 is 0 Å². The Morgan fingerprint density at radius 2 is 2.25 bits per heavy atom. The molecule has 1 aromatic rings. The zero-order valence-electron chi connectivity index (χ0n) is 11.3. The van der Waals surface area contributed by atoms with Crippen LogP contribution in [0.3, 0.4) is 0 Å². The summed E-state index contributed by atoms with van der Waals surface area (Å²) in [5.41, 5.74) is 6.38. The molecule has 0 spiro atoms. The van der Waals surface area contributed by atoms with Crippen molar-refractivity contribution in [2.45, 2.75) is 16.9 Å². The minimum Gasteiger partial charge on any atom is -0.397 e. The summed E-state index contributed by atoms with van der Waals surface area (Å²) >= 11 is 0. The Morgan fingerprint density at radius 1 is 1.50 bits per heavy atom. The zero-order valence-corrected chi connectivity index (χ0v) is 12.1. The van der Waals surface area contributed by atoms with Gasteiger partial charge in [-0.05, 0) is 18.2 Å². The molecule has 5 N–H and O–H groups in total. The molecular formula is C12H19N3O4S. The van der Waals surface area contributed by atoms with E-state index in [4.69, 9.17) is 20.3 Å². The number of primary sulfonamides is 1. The van der Waals surface area contributed by atoms with Crippen LogP contribution in [0.15, 0.2) is 23.1 Å². The Labute approximate surface area is 118 Å². The van der Waals surface area contributed by atoms with Crippen molar-refractivity contribution < 1.29 is 17.9 Å². The lowest BCUT2D eigenvalue weighted by Gasteiger charge is -2.26. The van der Waals surface area contributed by atoms with Crippen LogP contribution in [0.25, 0.3) is 0 Å². The second-order valence-corrected chi connectivity index (χ2v) is 6.40.